The van der Waals surface area contributed by atoms with Crippen molar-refractivity contribution in [2.45, 2.75) is 26.7 Å². The van der Waals surface area contributed by atoms with Crippen LogP contribution in [0.4, 0.5) is 0 Å². The number of Topliss-reactive ketones (excluding diaryl/α,β-unsaturated/α-hetero) is 1. The van der Waals surface area contributed by atoms with E-state index in [1.54, 1.807) is 0 Å². The molecule has 1 rings (SSSR count). The van der Waals surface area contributed by atoms with Gasteiger partial charge in [0, 0.05) is 12.1 Å². The minimum absolute atomic E-state index is 0.136. The van der Waals surface area contributed by atoms with Gasteiger partial charge in [-0.25, -0.2) is 0 Å². The fraction of sp³-hybridized carbons (Fsp3) is 0.500. The number of ketones is 1. The van der Waals surface area contributed by atoms with Gasteiger partial charge in [-0.3, -0.25) is 4.79 Å². The molecule has 21 heavy (non-hydrogen) atoms. The molecule has 0 aliphatic rings. The van der Waals surface area contributed by atoms with Crippen LogP contribution >= 0.6 is 11.8 Å². The lowest BCUT2D eigenvalue weighted by molar-refractivity contribution is 0.104. The Morgan fingerprint density at radius 1 is 1.24 bits per heavy atom. The van der Waals surface area contributed by atoms with Gasteiger partial charge in [0.2, 0.25) is 0 Å². The van der Waals surface area contributed by atoms with Crippen molar-refractivity contribution >= 4 is 17.5 Å². The zero-order chi connectivity index (χ0) is 15.8. The number of hydrogen-bond donors (Lipinski definition) is 0. The van der Waals surface area contributed by atoms with Gasteiger partial charge in [-0.1, -0.05) is 44.2 Å². The number of nitrogens with zero attached hydrogens (tertiary/aromatic N) is 1. The van der Waals surface area contributed by atoms with Gasteiger partial charge >= 0.3 is 0 Å². The van der Waals surface area contributed by atoms with Crippen molar-refractivity contribution in [1.82, 2.24) is 4.90 Å². The highest BCUT2D eigenvalue weighted by Gasteiger charge is 2.11. The molecule has 0 amide bonds. The fourth-order valence-corrected chi connectivity index (χ4v) is 2.72. The van der Waals surface area contributed by atoms with Crippen LogP contribution in [0.3, 0.4) is 0 Å². The van der Waals surface area contributed by atoms with E-state index < -0.39 is 0 Å². The van der Waals surface area contributed by atoms with Gasteiger partial charge in [0.05, 0.1) is 4.91 Å². The Hall–Kier alpha value is -1.06. The number of allylic oxidation sites excluding steroid dienone is 1. The summed E-state index contributed by atoms with van der Waals surface area (Å²) >= 11 is 1.53. The molecule has 0 saturated carbocycles. The Bertz CT molecular complexity index is 474. The van der Waals surface area contributed by atoms with E-state index in [0.29, 0.717) is 5.92 Å². The van der Waals surface area contributed by atoms with Crippen LogP contribution in [-0.4, -0.2) is 37.6 Å². The first-order valence-corrected chi connectivity index (χ1v) is 8.69. The third kappa shape index (κ3) is 6.49. The molecule has 3 heteroatoms. The highest BCUT2D eigenvalue weighted by atomic mass is 32.2. The van der Waals surface area contributed by atoms with Crippen molar-refractivity contribution in [2.75, 3.05) is 26.9 Å². The second kappa shape index (κ2) is 9.06. The summed E-state index contributed by atoms with van der Waals surface area (Å²) in [6, 6.07) is 8.06. The van der Waals surface area contributed by atoms with E-state index >= 15 is 0 Å². The molecule has 0 unspecified atom stereocenters. The number of rotatable bonds is 8. The summed E-state index contributed by atoms with van der Waals surface area (Å²) in [4.78, 5) is 15.4. The maximum atomic E-state index is 12.5. The third-order valence-corrected chi connectivity index (χ3v) is 4.00. The van der Waals surface area contributed by atoms with Crippen LogP contribution in [0.25, 0.3) is 0 Å². The zero-order valence-electron chi connectivity index (χ0n) is 13.8. The van der Waals surface area contributed by atoms with E-state index in [1.807, 2.05) is 32.5 Å². The highest BCUT2D eigenvalue weighted by molar-refractivity contribution is 8.03. The SMILES string of the molecule is CS/C(=C\CCN(C)C)C(=O)c1ccc(CC(C)C)cc1. The molecule has 1 aromatic carbocycles. The first-order valence-electron chi connectivity index (χ1n) is 7.46. The summed E-state index contributed by atoms with van der Waals surface area (Å²) in [5.74, 6) is 0.775. The lowest BCUT2D eigenvalue weighted by Gasteiger charge is -2.09. The van der Waals surface area contributed by atoms with Crippen molar-refractivity contribution in [3.05, 3.63) is 46.4 Å². The van der Waals surface area contributed by atoms with Crippen molar-refractivity contribution in [3.8, 4) is 0 Å². The first kappa shape index (κ1) is 18.0. The molecular weight excluding hydrogens is 278 g/mol. The standard InChI is InChI=1S/C18H27NOS/c1-14(2)13-15-8-10-16(11-9-15)18(20)17(21-5)7-6-12-19(3)4/h7-11,14H,6,12-13H2,1-5H3/b17-7-. The lowest BCUT2D eigenvalue weighted by Crippen LogP contribution is -2.12. The normalized spacial score (nSPS) is 12.2. The molecule has 0 aromatic heterocycles. The highest BCUT2D eigenvalue weighted by Crippen LogP contribution is 2.20. The van der Waals surface area contributed by atoms with E-state index in [9.17, 15) is 4.79 Å². The van der Waals surface area contributed by atoms with Gasteiger partial charge in [-0.15, -0.1) is 11.8 Å². The van der Waals surface area contributed by atoms with Crippen LogP contribution in [0.15, 0.2) is 35.2 Å². The average molecular weight is 305 g/mol. The van der Waals surface area contributed by atoms with E-state index in [4.69, 9.17) is 0 Å². The van der Waals surface area contributed by atoms with E-state index in [2.05, 4.69) is 37.0 Å². The first-order chi connectivity index (χ1) is 9.93. The van der Waals surface area contributed by atoms with Gasteiger partial charge in [0.25, 0.3) is 0 Å². The zero-order valence-corrected chi connectivity index (χ0v) is 14.7. The second-order valence-electron chi connectivity index (χ2n) is 5.99. The minimum atomic E-state index is 0.136. The summed E-state index contributed by atoms with van der Waals surface area (Å²) in [5, 5.41) is 0. The summed E-state index contributed by atoms with van der Waals surface area (Å²) < 4.78 is 0. The van der Waals surface area contributed by atoms with Crippen LogP contribution in [0.2, 0.25) is 0 Å². The van der Waals surface area contributed by atoms with Crippen LogP contribution in [0.5, 0.6) is 0 Å². The number of carbonyl (C=O) groups is 1. The predicted octanol–water partition coefficient (Wildman–Crippen LogP) is 4.27. The van der Waals surface area contributed by atoms with Gasteiger partial charge in [-0.2, -0.15) is 0 Å². The Morgan fingerprint density at radius 2 is 1.86 bits per heavy atom. The summed E-state index contributed by atoms with van der Waals surface area (Å²) in [5.41, 5.74) is 2.08. The molecule has 2 nitrogen and oxygen atoms in total. The molecule has 0 spiro atoms. The molecule has 0 bridgehead atoms. The molecule has 0 N–H and O–H groups in total. The monoisotopic (exact) mass is 305 g/mol. The fourth-order valence-electron chi connectivity index (χ4n) is 2.13. The number of carbonyl (C=O) groups excluding carboxylic acids is 1. The molecule has 0 aliphatic carbocycles. The molecule has 0 heterocycles. The largest absolute Gasteiger partial charge is 0.309 e. The molecule has 116 valence electrons. The number of hydrogen-bond acceptors (Lipinski definition) is 3. The van der Waals surface area contributed by atoms with Gasteiger partial charge < -0.3 is 4.90 Å². The number of benzene rings is 1. The Labute approximate surface area is 133 Å². The number of thioether (sulfide) groups is 1. The molecular formula is C18H27NOS. The van der Waals surface area contributed by atoms with Crippen molar-refractivity contribution in [2.24, 2.45) is 5.92 Å². The van der Waals surface area contributed by atoms with E-state index in [0.717, 1.165) is 29.9 Å². The van der Waals surface area contributed by atoms with Crippen molar-refractivity contribution in [1.29, 1.82) is 0 Å². The maximum absolute atomic E-state index is 12.5. The van der Waals surface area contributed by atoms with Gasteiger partial charge in [0.1, 0.15) is 0 Å². The minimum Gasteiger partial charge on any atom is -0.309 e. The second-order valence-corrected chi connectivity index (χ2v) is 6.84. The topological polar surface area (TPSA) is 20.3 Å². The predicted molar refractivity (Wildman–Crippen MR) is 94.1 cm³/mol. The van der Waals surface area contributed by atoms with E-state index in [1.165, 1.54) is 17.3 Å². The van der Waals surface area contributed by atoms with E-state index in [-0.39, 0.29) is 5.78 Å². The molecule has 0 atom stereocenters. The van der Waals surface area contributed by atoms with Gasteiger partial charge in [-0.05, 0) is 44.7 Å². The Morgan fingerprint density at radius 3 is 2.33 bits per heavy atom. The third-order valence-electron chi connectivity index (χ3n) is 3.21. The summed E-state index contributed by atoms with van der Waals surface area (Å²) in [6.07, 6.45) is 5.98. The van der Waals surface area contributed by atoms with Crippen LogP contribution in [0.1, 0.15) is 36.2 Å². The molecule has 0 aliphatic heterocycles. The van der Waals surface area contributed by atoms with Crippen molar-refractivity contribution in [3.63, 3.8) is 0 Å². The van der Waals surface area contributed by atoms with Crippen LogP contribution in [0, 0.1) is 5.92 Å². The Balaban J connectivity index is 2.75. The van der Waals surface area contributed by atoms with Crippen LogP contribution < -0.4 is 0 Å². The molecule has 0 radical (unpaired) electrons. The Kier molecular flexibility index (Phi) is 7.76. The summed E-state index contributed by atoms with van der Waals surface area (Å²) in [7, 11) is 4.09. The van der Waals surface area contributed by atoms with Crippen LogP contribution in [-0.2, 0) is 6.42 Å². The smallest absolute Gasteiger partial charge is 0.198 e. The summed E-state index contributed by atoms with van der Waals surface area (Å²) in [6.45, 7) is 5.38. The molecule has 0 fully saturated rings. The van der Waals surface area contributed by atoms with Crippen molar-refractivity contribution < 1.29 is 4.79 Å². The average Bonchev–Trinajstić information content (AvgIpc) is 2.43. The lowest BCUT2D eigenvalue weighted by atomic mass is 10.0. The molecule has 1 aromatic rings. The van der Waals surface area contributed by atoms with Gasteiger partial charge in [0.15, 0.2) is 5.78 Å². The molecule has 0 saturated heterocycles. The quantitative estimate of drug-likeness (QED) is 0.528. The maximum Gasteiger partial charge on any atom is 0.198 e.